The Hall–Kier alpha value is -4.67. The number of rotatable bonds is 8. The highest BCUT2D eigenvalue weighted by molar-refractivity contribution is 6.76. The molecule has 12 nitrogen and oxygen atoms in total. The second kappa shape index (κ2) is 11.0. The minimum atomic E-state index is -1.66. The first kappa shape index (κ1) is 30.4. The van der Waals surface area contributed by atoms with Crippen LogP contribution in [0, 0.1) is 11.8 Å². The largest absolute Gasteiger partial charge is 0.497 e. The van der Waals surface area contributed by atoms with E-state index in [1.54, 1.807) is 30.3 Å². The summed E-state index contributed by atoms with van der Waals surface area (Å²) in [5.74, 6) is 5.21. The van der Waals surface area contributed by atoms with E-state index < -0.39 is 37.1 Å². The first-order valence-corrected chi connectivity index (χ1v) is 18.5. The van der Waals surface area contributed by atoms with E-state index in [9.17, 15) is 24.0 Å². The standard InChI is InChI=1S/C32H35N5O7Si/c1-43-23-7-6-22-17-36(26(38)24(22)16-23)18-31(27(39)33-29(41)34-31)11-9-20-5-8-25-21(15-20)10-12-32(25)28(40)37(30(42)35-32)19-44-13-14-45(2,3)4/h5-8,15-16H,10,12-14,17-19H2,1-4H3,(H,35,42)(H2,33,34,39,41)/t31-,32?/m1/s1. The van der Waals surface area contributed by atoms with Gasteiger partial charge in [-0.3, -0.25) is 19.7 Å². The zero-order chi connectivity index (χ0) is 32.1. The molecule has 1 spiro atoms. The Morgan fingerprint density at radius 3 is 2.51 bits per heavy atom. The van der Waals surface area contributed by atoms with Crippen LogP contribution in [0.5, 0.6) is 5.75 Å². The maximum absolute atomic E-state index is 13.5. The lowest BCUT2D eigenvalue weighted by Gasteiger charge is -2.26. The summed E-state index contributed by atoms with van der Waals surface area (Å²) in [6, 6.07) is 10.3. The van der Waals surface area contributed by atoms with Crippen LogP contribution in [-0.4, -0.2) is 80.2 Å². The van der Waals surface area contributed by atoms with E-state index in [1.807, 2.05) is 6.07 Å². The summed E-state index contributed by atoms with van der Waals surface area (Å²) < 4.78 is 10.9. The highest BCUT2D eigenvalue weighted by atomic mass is 28.3. The van der Waals surface area contributed by atoms with Gasteiger partial charge in [-0.05, 0) is 59.8 Å². The number of amides is 7. The number of ether oxygens (including phenoxy) is 2. The summed E-state index contributed by atoms with van der Waals surface area (Å²) in [5, 5.41) is 7.77. The van der Waals surface area contributed by atoms with E-state index in [0.29, 0.717) is 41.9 Å². The summed E-state index contributed by atoms with van der Waals surface area (Å²) in [5.41, 5.74) is 0.549. The van der Waals surface area contributed by atoms with E-state index in [1.165, 1.54) is 12.0 Å². The zero-order valence-corrected chi connectivity index (χ0v) is 26.7. The van der Waals surface area contributed by atoms with Crippen molar-refractivity contribution in [2.45, 2.75) is 56.1 Å². The van der Waals surface area contributed by atoms with Crippen LogP contribution in [0.15, 0.2) is 36.4 Å². The topological polar surface area (TPSA) is 146 Å². The van der Waals surface area contributed by atoms with Crippen molar-refractivity contribution >= 4 is 37.9 Å². The molecule has 2 fully saturated rings. The molecule has 4 aliphatic rings. The molecule has 13 heteroatoms. The lowest BCUT2D eigenvalue weighted by atomic mass is 9.91. The second-order valence-corrected chi connectivity index (χ2v) is 18.7. The number of benzene rings is 2. The number of nitrogens with zero attached hydrogens (tertiary/aromatic N) is 2. The number of fused-ring (bicyclic) bond motifs is 3. The van der Waals surface area contributed by atoms with Gasteiger partial charge < -0.3 is 25.0 Å². The van der Waals surface area contributed by atoms with Gasteiger partial charge in [-0.25, -0.2) is 14.5 Å². The van der Waals surface area contributed by atoms with Gasteiger partial charge in [0.15, 0.2) is 0 Å². The molecule has 2 aromatic carbocycles. The Morgan fingerprint density at radius 2 is 1.80 bits per heavy atom. The summed E-state index contributed by atoms with van der Waals surface area (Å²) in [7, 11) is 0.203. The van der Waals surface area contributed by atoms with Crippen molar-refractivity contribution < 1.29 is 33.4 Å². The van der Waals surface area contributed by atoms with Gasteiger partial charge in [-0.1, -0.05) is 43.6 Å². The van der Waals surface area contributed by atoms with Crippen molar-refractivity contribution in [3.63, 3.8) is 0 Å². The number of imide groups is 2. The first-order valence-electron chi connectivity index (χ1n) is 14.8. The summed E-state index contributed by atoms with van der Waals surface area (Å²) in [6.45, 7) is 7.20. The minimum Gasteiger partial charge on any atom is -0.497 e. The average molecular weight is 630 g/mol. The normalized spacial score (nSPS) is 23.5. The molecule has 3 aliphatic heterocycles. The van der Waals surface area contributed by atoms with Crippen LogP contribution in [0.1, 0.15) is 39.0 Å². The molecule has 0 bridgehead atoms. The Bertz CT molecular complexity index is 1710. The molecule has 0 aromatic heterocycles. The second-order valence-electron chi connectivity index (χ2n) is 13.0. The summed E-state index contributed by atoms with van der Waals surface area (Å²) >= 11 is 0. The number of hydrogen-bond donors (Lipinski definition) is 3. The number of carbonyl (C=O) groups is 5. The van der Waals surface area contributed by atoms with Crippen molar-refractivity contribution in [3.05, 3.63) is 64.2 Å². The number of hydrogen-bond acceptors (Lipinski definition) is 7. The summed E-state index contributed by atoms with van der Waals surface area (Å²) in [4.78, 5) is 67.4. The fraction of sp³-hybridized carbons (Fsp3) is 0.406. The molecule has 2 aromatic rings. The minimum absolute atomic E-state index is 0.0935. The number of methoxy groups -OCH3 is 1. The molecule has 3 N–H and O–H groups in total. The van der Waals surface area contributed by atoms with E-state index in [2.05, 4.69) is 47.4 Å². The van der Waals surface area contributed by atoms with Crippen molar-refractivity contribution in [1.82, 2.24) is 25.8 Å². The monoisotopic (exact) mass is 629 g/mol. The maximum Gasteiger partial charge on any atom is 0.327 e. The van der Waals surface area contributed by atoms with Gasteiger partial charge in [-0.2, -0.15) is 0 Å². The molecule has 234 valence electrons. The first-order chi connectivity index (χ1) is 21.3. The molecule has 1 aliphatic carbocycles. The van der Waals surface area contributed by atoms with Crippen LogP contribution in [0.2, 0.25) is 25.7 Å². The quantitative estimate of drug-likeness (QED) is 0.176. The lowest BCUT2D eigenvalue weighted by Crippen LogP contribution is -2.54. The van der Waals surface area contributed by atoms with Gasteiger partial charge in [0.2, 0.25) is 5.54 Å². The Balaban J connectivity index is 1.21. The number of urea groups is 2. The van der Waals surface area contributed by atoms with Gasteiger partial charge in [0.1, 0.15) is 18.0 Å². The van der Waals surface area contributed by atoms with E-state index >= 15 is 0 Å². The van der Waals surface area contributed by atoms with Gasteiger partial charge >= 0.3 is 12.1 Å². The molecule has 45 heavy (non-hydrogen) atoms. The fourth-order valence-electron chi connectivity index (χ4n) is 6.17. The Kier molecular flexibility index (Phi) is 7.45. The third-order valence-electron chi connectivity index (χ3n) is 8.71. The Morgan fingerprint density at radius 1 is 1.00 bits per heavy atom. The third-order valence-corrected chi connectivity index (χ3v) is 10.4. The van der Waals surface area contributed by atoms with Gasteiger partial charge in [0.25, 0.3) is 17.7 Å². The molecule has 2 atom stereocenters. The van der Waals surface area contributed by atoms with E-state index in [-0.39, 0.29) is 31.6 Å². The molecule has 1 unspecified atom stereocenters. The predicted molar refractivity (Wildman–Crippen MR) is 165 cm³/mol. The van der Waals surface area contributed by atoms with Gasteiger partial charge in [0.05, 0.1) is 13.7 Å². The SMILES string of the molecule is COc1ccc2c(c1)C(=O)N(C[C@@]1(C#Cc3ccc4c(c3)CCC43NC(=O)N(COCC[Si](C)(C)C)C3=O)NC(=O)NC1=O)C2. The van der Waals surface area contributed by atoms with Crippen LogP contribution in [0.3, 0.4) is 0 Å². The molecule has 6 rings (SSSR count). The predicted octanol–water partition coefficient (Wildman–Crippen LogP) is 2.29. The molecular weight excluding hydrogens is 594 g/mol. The zero-order valence-electron chi connectivity index (χ0n) is 25.7. The average Bonchev–Trinajstić information content (AvgIpc) is 3.67. The smallest absolute Gasteiger partial charge is 0.327 e. The van der Waals surface area contributed by atoms with Crippen LogP contribution < -0.4 is 20.7 Å². The van der Waals surface area contributed by atoms with Crippen LogP contribution in [-0.2, 0) is 32.8 Å². The summed E-state index contributed by atoms with van der Waals surface area (Å²) in [6.07, 6.45) is 0.938. The lowest BCUT2D eigenvalue weighted by molar-refractivity contribution is -0.135. The Labute approximate surface area is 261 Å². The molecule has 3 heterocycles. The van der Waals surface area contributed by atoms with Crippen LogP contribution in [0.25, 0.3) is 0 Å². The highest BCUT2D eigenvalue weighted by Crippen LogP contribution is 2.41. The fourth-order valence-corrected chi connectivity index (χ4v) is 6.93. The highest BCUT2D eigenvalue weighted by Gasteiger charge is 2.55. The van der Waals surface area contributed by atoms with Gasteiger partial charge in [0, 0.05) is 32.4 Å². The van der Waals surface area contributed by atoms with Crippen LogP contribution in [0.4, 0.5) is 9.59 Å². The van der Waals surface area contributed by atoms with Crippen molar-refractivity contribution in [1.29, 1.82) is 0 Å². The van der Waals surface area contributed by atoms with Crippen molar-refractivity contribution in [3.8, 4) is 17.6 Å². The van der Waals surface area contributed by atoms with E-state index in [4.69, 9.17) is 9.47 Å². The van der Waals surface area contributed by atoms with E-state index in [0.717, 1.165) is 22.1 Å². The molecule has 0 radical (unpaired) electrons. The number of carbonyl (C=O) groups excluding carboxylic acids is 5. The molecule has 2 saturated heterocycles. The van der Waals surface area contributed by atoms with Crippen LogP contribution >= 0.6 is 0 Å². The number of aryl methyl sites for hydroxylation is 1. The molecule has 0 saturated carbocycles. The molecular formula is C32H35N5O7Si. The third kappa shape index (κ3) is 5.44. The van der Waals surface area contributed by atoms with Gasteiger partial charge in [-0.15, -0.1) is 0 Å². The molecule has 7 amide bonds. The number of nitrogens with one attached hydrogen (secondary N) is 3. The van der Waals surface area contributed by atoms with Crippen molar-refractivity contribution in [2.75, 3.05) is 27.0 Å². The van der Waals surface area contributed by atoms with Crippen molar-refractivity contribution in [2.24, 2.45) is 0 Å². The maximum atomic E-state index is 13.5.